The minimum absolute atomic E-state index is 0.0281. The minimum Gasteiger partial charge on any atom is -0.463 e. The van der Waals surface area contributed by atoms with Crippen molar-refractivity contribution >= 4 is 16.0 Å². The molecule has 0 aromatic carbocycles. The van der Waals surface area contributed by atoms with E-state index in [-0.39, 0.29) is 17.7 Å². The molecule has 1 aromatic heterocycles. The first kappa shape index (κ1) is 11.5. The monoisotopic (exact) mass is 232 g/mol. The third-order valence-electron chi connectivity index (χ3n) is 1.33. The zero-order valence-electron chi connectivity index (χ0n) is 8.23. The van der Waals surface area contributed by atoms with Crippen molar-refractivity contribution in [3.8, 4) is 6.01 Å². The number of H-pyrrole nitrogens is 1. The predicted molar refractivity (Wildman–Crippen MR) is 55.2 cm³/mol. The first-order valence-electron chi connectivity index (χ1n) is 4.24. The molecule has 0 unspecified atom stereocenters. The summed E-state index contributed by atoms with van der Waals surface area (Å²) in [5.74, 6) is -0.155. The van der Waals surface area contributed by atoms with Crippen LogP contribution in [0, 0.1) is 0 Å². The number of aromatic amines is 1. The van der Waals surface area contributed by atoms with Crippen LogP contribution in [0.15, 0.2) is 12.7 Å². The second kappa shape index (κ2) is 4.78. The number of rotatable bonds is 6. The molecular weight excluding hydrogens is 220 g/mol. The largest absolute Gasteiger partial charge is 0.463 e. The molecule has 0 amide bonds. The smallest absolute Gasteiger partial charge is 0.337 e. The molecule has 0 atom stereocenters. The Morgan fingerprint density at radius 2 is 2.40 bits per heavy atom. The van der Waals surface area contributed by atoms with Gasteiger partial charge in [0.2, 0.25) is 16.0 Å². The van der Waals surface area contributed by atoms with Crippen LogP contribution in [0.3, 0.4) is 0 Å². The summed E-state index contributed by atoms with van der Waals surface area (Å²) >= 11 is 0. The molecule has 7 nitrogen and oxygen atoms in total. The second-order valence-corrected chi connectivity index (χ2v) is 4.34. The van der Waals surface area contributed by atoms with Gasteiger partial charge >= 0.3 is 6.01 Å². The van der Waals surface area contributed by atoms with Gasteiger partial charge in [-0.25, -0.2) is 13.5 Å². The number of nitrogens with zero attached hydrogens (tertiary/aromatic N) is 2. The van der Waals surface area contributed by atoms with Gasteiger partial charge in [0.15, 0.2) is 0 Å². The van der Waals surface area contributed by atoms with Crippen LogP contribution < -0.4 is 9.46 Å². The van der Waals surface area contributed by atoms with Gasteiger partial charge in [-0.3, -0.25) is 4.72 Å². The van der Waals surface area contributed by atoms with Crippen LogP contribution in [0.25, 0.3) is 0 Å². The van der Waals surface area contributed by atoms with E-state index in [1.54, 1.807) is 6.92 Å². The number of hydrogen-bond acceptors (Lipinski definition) is 5. The van der Waals surface area contributed by atoms with Gasteiger partial charge in [0.05, 0.1) is 12.4 Å². The van der Waals surface area contributed by atoms with Crippen molar-refractivity contribution in [2.75, 3.05) is 17.1 Å². The summed E-state index contributed by atoms with van der Waals surface area (Å²) < 4.78 is 29.7. The summed E-state index contributed by atoms with van der Waals surface area (Å²) in [6, 6.07) is 0.105. The first-order chi connectivity index (χ1) is 7.07. The van der Waals surface area contributed by atoms with Gasteiger partial charge < -0.3 is 4.74 Å². The van der Waals surface area contributed by atoms with Crippen LogP contribution >= 0.6 is 0 Å². The number of sulfonamides is 1. The van der Waals surface area contributed by atoms with Crippen molar-refractivity contribution in [3.63, 3.8) is 0 Å². The number of aromatic nitrogens is 3. The fraction of sp³-hybridized carbons (Fsp3) is 0.429. The highest BCUT2D eigenvalue weighted by Crippen LogP contribution is 2.07. The maximum atomic E-state index is 11.3. The lowest BCUT2D eigenvalue weighted by atomic mass is 10.8. The summed E-state index contributed by atoms with van der Waals surface area (Å²) in [6.45, 7) is 5.52. The summed E-state index contributed by atoms with van der Waals surface area (Å²) in [4.78, 5) is 3.75. The van der Waals surface area contributed by atoms with Crippen molar-refractivity contribution in [2.24, 2.45) is 0 Å². The van der Waals surface area contributed by atoms with Crippen molar-refractivity contribution in [1.82, 2.24) is 15.2 Å². The van der Waals surface area contributed by atoms with E-state index in [0.29, 0.717) is 6.61 Å². The quantitative estimate of drug-likeness (QED) is 0.679. The third-order valence-corrected chi connectivity index (χ3v) is 2.51. The zero-order chi connectivity index (χ0) is 11.3. The molecule has 0 aliphatic carbocycles. The topological polar surface area (TPSA) is 97.0 Å². The second-order valence-electron chi connectivity index (χ2n) is 2.57. The Labute approximate surface area is 87.6 Å². The van der Waals surface area contributed by atoms with Crippen LogP contribution in [0.1, 0.15) is 6.92 Å². The molecule has 2 N–H and O–H groups in total. The first-order valence-corrected chi connectivity index (χ1v) is 5.89. The Hall–Kier alpha value is -1.57. The molecule has 1 aromatic rings. The van der Waals surface area contributed by atoms with Crippen LogP contribution in [0.5, 0.6) is 6.01 Å². The third kappa shape index (κ3) is 3.58. The van der Waals surface area contributed by atoms with Crippen molar-refractivity contribution < 1.29 is 13.2 Å². The van der Waals surface area contributed by atoms with Crippen LogP contribution in [0.2, 0.25) is 0 Å². The molecule has 0 saturated heterocycles. The lowest BCUT2D eigenvalue weighted by Gasteiger charge is -2.00. The van der Waals surface area contributed by atoms with E-state index >= 15 is 0 Å². The van der Waals surface area contributed by atoms with Crippen LogP contribution in [0.4, 0.5) is 5.95 Å². The number of anilines is 1. The molecule has 84 valence electrons. The highest BCUT2D eigenvalue weighted by molar-refractivity contribution is 7.92. The predicted octanol–water partition coefficient (Wildman–Crippen LogP) is 0.131. The van der Waals surface area contributed by atoms with E-state index in [2.05, 4.69) is 26.5 Å². The molecular formula is C7H12N4O3S. The zero-order valence-corrected chi connectivity index (χ0v) is 9.04. The molecule has 0 saturated carbocycles. The highest BCUT2D eigenvalue weighted by Gasteiger charge is 2.11. The Kier molecular flexibility index (Phi) is 3.67. The SMILES string of the molecule is C=CCS(=O)(=O)Nc1nc(OCC)n[nH]1. The van der Waals surface area contributed by atoms with E-state index < -0.39 is 10.0 Å². The molecule has 15 heavy (non-hydrogen) atoms. The van der Waals surface area contributed by atoms with E-state index in [4.69, 9.17) is 4.74 Å². The van der Waals surface area contributed by atoms with Gasteiger partial charge in [-0.05, 0) is 6.92 Å². The van der Waals surface area contributed by atoms with Gasteiger partial charge in [0.25, 0.3) is 0 Å². The van der Waals surface area contributed by atoms with Gasteiger partial charge in [0.1, 0.15) is 0 Å². The fourth-order valence-corrected chi connectivity index (χ4v) is 1.61. The number of ether oxygens (including phenoxy) is 1. The molecule has 0 spiro atoms. The normalized spacial score (nSPS) is 11.0. The molecule has 0 bridgehead atoms. The van der Waals surface area contributed by atoms with Gasteiger partial charge in [0, 0.05) is 0 Å². The van der Waals surface area contributed by atoms with Crippen molar-refractivity contribution in [3.05, 3.63) is 12.7 Å². The average Bonchev–Trinajstić information content (AvgIpc) is 2.52. The van der Waals surface area contributed by atoms with Crippen LogP contribution in [-0.4, -0.2) is 36.0 Å². The molecule has 8 heteroatoms. The van der Waals surface area contributed by atoms with Gasteiger partial charge in [-0.15, -0.1) is 11.7 Å². The number of nitrogens with one attached hydrogen (secondary N) is 2. The molecule has 0 radical (unpaired) electrons. The standard InChI is InChI=1S/C7H12N4O3S/c1-3-5-15(12,13)11-6-8-7(10-9-6)14-4-2/h3H,1,4-5H2,2H3,(H2,8,9,10,11). The maximum Gasteiger partial charge on any atom is 0.337 e. The molecule has 0 aliphatic rings. The van der Waals surface area contributed by atoms with Crippen LogP contribution in [-0.2, 0) is 10.0 Å². The summed E-state index contributed by atoms with van der Waals surface area (Å²) in [7, 11) is -3.44. The van der Waals surface area contributed by atoms with E-state index in [9.17, 15) is 8.42 Å². The van der Waals surface area contributed by atoms with E-state index in [0.717, 1.165) is 0 Å². The highest BCUT2D eigenvalue weighted by atomic mass is 32.2. The molecule has 1 rings (SSSR count). The Bertz CT molecular complexity index is 425. The average molecular weight is 232 g/mol. The summed E-state index contributed by atoms with van der Waals surface area (Å²) in [5, 5.41) is 6.03. The van der Waals surface area contributed by atoms with Crippen molar-refractivity contribution in [2.45, 2.75) is 6.92 Å². The Balaban J connectivity index is 2.68. The van der Waals surface area contributed by atoms with E-state index in [1.165, 1.54) is 6.08 Å². The Morgan fingerprint density at radius 1 is 1.67 bits per heavy atom. The van der Waals surface area contributed by atoms with E-state index in [1.807, 2.05) is 0 Å². The minimum atomic E-state index is -3.44. The van der Waals surface area contributed by atoms with Gasteiger partial charge in [-0.2, -0.15) is 4.98 Å². The van der Waals surface area contributed by atoms with Gasteiger partial charge in [-0.1, -0.05) is 6.08 Å². The fourth-order valence-electron chi connectivity index (χ4n) is 0.830. The molecule has 0 aliphatic heterocycles. The lowest BCUT2D eigenvalue weighted by Crippen LogP contribution is -2.16. The number of hydrogen-bond donors (Lipinski definition) is 2. The molecule has 0 fully saturated rings. The summed E-state index contributed by atoms with van der Waals surface area (Å²) in [6.07, 6.45) is 1.28. The van der Waals surface area contributed by atoms with Crippen molar-refractivity contribution in [1.29, 1.82) is 0 Å². The maximum absolute atomic E-state index is 11.3. The summed E-state index contributed by atoms with van der Waals surface area (Å²) in [5.41, 5.74) is 0. The Morgan fingerprint density at radius 3 is 3.00 bits per heavy atom. The molecule has 1 heterocycles. The lowest BCUT2D eigenvalue weighted by molar-refractivity contribution is 0.314.